The van der Waals surface area contributed by atoms with Gasteiger partial charge in [-0.25, -0.2) is 0 Å². The Bertz CT molecular complexity index is 822. The van der Waals surface area contributed by atoms with E-state index in [1.165, 1.54) is 0 Å². The van der Waals surface area contributed by atoms with Gasteiger partial charge in [-0.2, -0.15) is 0 Å². The summed E-state index contributed by atoms with van der Waals surface area (Å²) >= 11 is 0. The van der Waals surface area contributed by atoms with Crippen molar-refractivity contribution in [3.8, 4) is 5.75 Å². The zero-order chi connectivity index (χ0) is 19.1. The first-order valence-electron chi connectivity index (χ1n) is 7.07. The number of nitrogens with zero attached hydrogens (tertiary/aromatic N) is 2. The summed E-state index contributed by atoms with van der Waals surface area (Å²) in [6, 6.07) is 10.9. The molecule has 134 valence electrons. The largest absolute Gasteiger partial charge is 0.484 e. The molecule has 0 aliphatic rings. The normalized spacial score (nSPS) is 9.85. The summed E-state index contributed by atoms with van der Waals surface area (Å²) in [6.07, 6.45) is 0. The number of benzene rings is 2. The van der Waals surface area contributed by atoms with E-state index in [1.54, 1.807) is 30.3 Å². The van der Waals surface area contributed by atoms with Crippen molar-refractivity contribution in [2.75, 3.05) is 6.61 Å². The first kappa shape index (κ1) is 18.3. The van der Waals surface area contributed by atoms with E-state index in [9.17, 15) is 29.8 Å². The van der Waals surface area contributed by atoms with E-state index in [4.69, 9.17) is 4.74 Å². The molecule has 11 nitrogen and oxygen atoms in total. The second kappa shape index (κ2) is 8.19. The number of nitro benzene ring substituents is 2. The zero-order valence-electron chi connectivity index (χ0n) is 13.1. The van der Waals surface area contributed by atoms with E-state index < -0.39 is 33.0 Å². The molecule has 0 saturated heterocycles. The van der Waals surface area contributed by atoms with E-state index in [1.807, 2.05) is 10.9 Å². The van der Waals surface area contributed by atoms with E-state index >= 15 is 0 Å². The summed E-state index contributed by atoms with van der Waals surface area (Å²) in [7, 11) is 0. The second-order valence-electron chi connectivity index (χ2n) is 4.86. The summed E-state index contributed by atoms with van der Waals surface area (Å²) in [5.41, 5.74) is 2.45. The lowest BCUT2D eigenvalue weighted by molar-refractivity contribution is -0.394. The molecular formula is C15H12N4O7. The zero-order valence-corrected chi connectivity index (χ0v) is 13.1. The number of hydrogen-bond acceptors (Lipinski definition) is 7. The van der Waals surface area contributed by atoms with Crippen molar-refractivity contribution >= 4 is 23.2 Å². The Balaban J connectivity index is 1.97. The maximum atomic E-state index is 12.0. The topological polar surface area (TPSA) is 154 Å². The van der Waals surface area contributed by atoms with Crippen molar-refractivity contribution in [1.82, 2.24) is 10.9 Å². The van der Waals surface area contributed by atoms with E-state index in [-0.39, 0.29) is 12.2 Å². The van der Waals surface area contributed by atoms with Crippen molar-refractivity contribution in [2.24, 2.45) is 0 Å². The van der Waals surface area contributed by atoms with Crippen LogP contribution in [0.3, 0.4) is 0 Å². The van der Waals surface area contributed by atoms with Gasteiger partial charge in [0.15, 0.2) is 6.61 Å². The van der Waals surface area contributed by atoms with Crippen LogP contribution in [0, 0.1) is 20.2 Å². The summed E-state index contributed by atoms with van der Waals surface area (Å²) < 4.78 is 5.16. The van der Waals surface area contributed by atoms with Gasteiger partial charge in [0.2, 0.25) is 0 Å². The Morgan fingerprint density at radius 1 is 0.923 bits per heavy atom. The SMILES string of the molecule is O=C(COc1ccccc1)NNC(=O)c1cc([N+](=O)[O-])cc([N+](=O)[O-])c1. The van der Waals surface area contributed by atoms with Crippen LogP contribution in [-0.2, 0) is 4.79 Å². The van der Waals surface area contributed by atoms with Gasteiger partial charge in [-0.15, -0.1) is 0 Å². The fraction of sp³-hybridized carbons (Fsp3) is 0.0667. The van der Waals surface area contributed by atoms with Crippen LogP contribution < -0.4 is 15.6 Å². The Morgan fingerprint density at radius 3 is 2.04 bits per heavy atom. The summed E-state index contributed by atoms with van der Waals surface area (Å²) in [6.45, 7) is -0.390. The Kier molecular flexibility index (Phi) is 5.77. The average molecular weight is 360 g/mol. The molecule has 0 saturated carbocycles. The van der Waals surface area contributed by atoms with Crippen molar-refractivity contribution in [2.45, 2.75) is 0 Å². The number of nitro groups is 2. The van der Waals surface area contributed by atoms with Crippen molar-refractivity contribution < 1.29 is 24.2 Å². The molecule has 0 atom stereocenters. The fourth-order valence-electron chi connectivity index (χ4n) is 1.84. The van der Waals surface area contributed by atoms with Crippen LogP contribution >= 0.6 is 0 Å². The van der Waals surface area contributed by atoms with E-state index in [0.717, 1.165) is 18.2 Å². The maximum Gasteiger partial charge on any atom is 0.277 e. The number of non-ortho nitro benzene ring substituents is 2. The number of carbonyl (C=O) groups excluding carboxylic acids is 2. The molecule has 0 spiro atoms. The predicted octanol–water partition coefficient (Wildman–Crippen LogP) is 1.34. The smallest absolute Gasteiger partial charge is 0.277 e. The molecule has 0 aromatic heterocycles. The third-order valence-electron chi connectivity index (χ3n) is 3.01. The van der Waals surface area contributed by atoms with Gasteiger partial charge in [0.1, 0.15) is 5.75 Å². The highest BCUT2D eigenvalue weighted by molar-refractivity contribution is 5.96. The molecule has 0 unspecified atom stereocenters. The quantitative estimate of drug-likeness (QED) is 0.582. The highest BCUT2D eigenvalue weighted by Crippen LogP contribution is 2.22. The van der Waals surface area contributed by atoms with Gasteiger partial charge in [0.05, 0.1) is 21.5 Å². The Labute approximate surface area is 145 Å². The third kappa shape index (κ3) is 4.99. The molecule has 2 aromatic rings. The third-order valence-corrected chi connectivity index (χ3v) is 3.01. The minimum atomic E-state index is -0.954. The molecular weight excluding hydrogens is 348 g/mol. The van der Waals surface area contributed by atoms with Gasteiger partial charge >= 0.3 is 0 Å². The average Bonchev–Trinajstić information content (AvgIpc) is 2.64. The second-order valence-corrected chi connectivity index (χ2v) is 4.86. The lowest BCUT2D eigenvalue weighted by Crippen LogP contribution is -2.43. The molecule has 2 aromatic carbocycles. The Hall–Kier alpha value is -4.02. The van der Waals surface area contributed by atoms with Crippen LogP contribution in [0.15, 0.2) is 48.5 Å². The summed E-state index contributed by atoms with van der Waals surface area (Å²) in [5, 5.41) is 21.6. The first-order chi connectivity index (χ1) is 12.4. The molecule has 0 fully saturated rings. The van der Waals surface area contributed by atoms with Gasteiger partial charge in [0.25, 0.3) is 23.2 Å². The van der Waals surface area contributed by atoms with Crippen LogP contribution in [-0.4, -0.2) is 28.3 Å². The fourth-order valence-corrected chi connectivity index (χ4v) is 1.84. The molecule has 0 radical (unpaired) electrons. The number of amides is 2. The molecule has 0 aliphatic heterocycles. The summed E-state index contributed by atoms with van der Waals surface area (Å²) in [4.78, 5) is 43.5. The number of ether oxygens (including phenoxy) is 1. The molecule has 2 rings (SSSR count). The highest BCUT2D eigenvalue weighted by atomic mass is 16.6. The number of carbonyl (C=O) groups is 2. The molecule has 2 N–H and O–H groups in total. The van der Waals surface area contributed by atoms with Gasteiger partial charge in [-0.3, -0.25) is 40.7 Å². The molecule has 26 heavy (non-hydrogen) atoms. The van der Waals surface area contributed by atoms with Crippen LogP contribution in [0.5, 0.6) is 5.75 Å². The van der Waals surface area contributed by atoms with Crippen LogP contribution in [0.25, 0.3) is 0 Å². The monoisotopic (exact) mass is 360 g/mol. The van der Waals surface area contributed by atoms with Crippen molar-refractivity contribution in [3.05, 3.63) is 74.3 Å². The number of hydrazine groups is 1. The molecule has 0 aliphatic carbocycles. The molecule has 0 heterocycles. The molecule has 11 heteroatoms. The Morgan fingerprint density at radius 2 is 1.50 bits per heavy atom. The van der Waals surface area contributed by atoms with Gasteiger partial charge in [-0.1, -0.05) is 18.2 Å². The molecule has 0 bridgehead atoms. The number of nitrogens with one attached hydrogen (secondary N) is 2. The summed E-state index contributed by atoms with van der Waals surface area (Å²) in [5.74, 6) is -1.20. The van der Waals surface area contributed by atoms with Crippen molar-refractivity contribution in [3.63, 3.8) is 0 Å². The number of hydrogen-bond donors (Lipinski definition) is 2. The first-order valence-corrected chi connectivity index (χ1v) is 7.07. The van der Waals surface area contributed by atoms with E-state index in [0.29, 0.717) is 5.75 Å². The van der Waals surface area contributed by atoms with Gasteiger partial charge < -0.3 is 4.74 Å². The van der Waals surface area contributed by atoms with Crippen LogP contribution in [0.2, 0.25) is 0 Å². The number of para-hydroxylation sites is 1. The van der Waals surface area contributed by atoms with Gasteiger partial charge in [-0.05, 0) is 12.1 Å². The predicted molar refractivity (Wildman–Crippen MR) is 87.3 cm³/mol. The standard InChI is InChI=1S/C15H12N4O7/c20-14(9-26-13-4-2-1-3-5-13)16-17-15(21)10-6-11(18(22)23)8-12(7-10)19(24)25/h1-8H,9H2,(H,16,20)(H,17,21). The maximum absolute atomic E-state index is 12.0. The van der Waals surface area contributed by atoms with Crippen LogP contribution in [0.1, 0.15) is 10.4 Å². The van der Waals surface area contributed by atoms with E-state index in [2.05, 4.69) is 0 Å². The minimum Gasteiger partial charge on any atom is -0.484 e. The lowest BCUT2D eigenvalue weighted by Gasteiger charge is -2.08. The molecule has 2 amide bonds. The van der Waals surface area contributed by atoms with Crippen LogP contribution in [0.4, 0.5) is 11.4 Å². The van der Waals surface area contributed by atoms with Crippen molar-refractivity contribution in [1.29, 1.82) is 0 Å². The highest BCUT2D eigenvalue weighted by Gasteiger charge is 2.20. The lowest BCUT2D eigenvalue weighted by atomic mass is 10.1. The minimum absolute atomic E-state index is 0.352. The number of rotatable bonds is 6. The van der Waals surface area contributed by atoms with Gasteiger partial charge in [0, 0.05) is 12.1 Å².